The number of nitrogens with zero attached hydrogens (tertiary/aromatic N) is 1. The van der Waals surface area contributed by atoms with E-state index in [1.165, 1.54) is 25.7 Å². The van der Waals surface area contributed by atoms with Crippen molar-refractivity contribution in [1.29, 1.82) is 0 Å². The molecule has 3 atom stereocenters. The number of carbonyl (C=O) groups is 2. The number of unbranched alkanes of at least 4 members (excludes halogenated alkanes) is 4. The Bertz CT molecular complexity index is 416. The van der Waals surface area contributed by atoms with Gasteiger partial charge < -0.3 is 4.90 Å². The number of carbonyl (C=O) groups excluding carboxylic acids is 2. The SMILES string of the molecule is CC(=O)[C@H]1CC1/C=C\CCCCCCC(=O)N1CCCC1C. The predicted molar refractivity (Wildman–Crippen MR) is 89.5 cm³/mol. The van der Waals surface area contributed by atoms with Gasteiger partial charge in [-0.15, -0.1) is 0 Å². The van der Waals surface area contributed by atoms with E-state index in [0.717, 1.165) is 38.6 Å². The first-order valence-corrected chi connectivity index (χ1v) is 9.06. The smallest absolute Gasteiger partial charge is 0.222 e. The van der Waals surface area contributed by atoms with Crippen molar-refractivity contribution in [1.82, 2.24) is 4.90 Å². The minimum atomic E-state index is 0.315. The lowest BCUT2D eigenvalue weighted by Gasteiger charge is -2.21. The predicted octanol–water partition coefficient (Wildman–Crippen LogP) is 4.12. The molecule has 1 heterocycles. The lowest BCUT2D eigenvalue weighted by molar-refractivity contribution is -0.131. The molecule has 0 aromatic carbocycles. The van der Waals surface area contributed by atoms with E-state index in [9.17, 15) is 9.59 Å². The van der Waals surface area contributed by atoms with E-state index in [2.05, 4.69) is 24.0 Å². The first-order chi connectivity index (χ1) is 10.6. The Hall–Kier alpha value is -1.12. The third kappa shape index (κ3) is 5.26. The maximum absolute atomic E-state index is 12.0. The quantitative estimate of drug-likeness (QED) is 0.474. The van der Waals surface area contributed by atoms with Crippen molar-refractivity contribution >= 4 is 11.7 Å². The molecule has 2 fully saturated rings. The van der Waals surface area contributed by atoms with Gasteiger partial charge in [-0.1, -0.05) is 25.0 Å². The lowest BCUT2D eigenvalue weighted by Crippen LogP contribution is -2.33. The highest BCUT2D eigenvalue weighted by molar-refractivity contribution is 5.81. The average Bonchev–Trinajstić information content (AvgIpc) is 3.14. The number of allylic oxidation sites excluding steroid dienone is 2. The highest BCUT2D eigenvalue weighted by Gasteiger charge is 2.38. The topological polar surface area (TPSA) is 37.4 Å². The molecule has 1 saturated heterocycles. The summed E-state index contributed by atoms with van der Waals surface area (Å²) in [6.45, 7) is 4.82. The lowest BCUT2D eigenvalue weighted by atomic mass is 10.1. The Morgan fingerprint density at radius 2 is 1.95 bits per heavy atom. The van der Waals surface area contributed by atoms with E-state index in [0.29, 0.717) is 29.6 Å². The monoisotopic (exact) mass is 305 g/mol. The average molecular weight is 305 g/mol. The van der Waals surface area contributed by atoms with Crippen LogP contribution in [-0.2, 0) is 9.59 Å². The van der Waals surface area contributed by atoms with E-state index in [-0.39, 0.29) is 0 Å². The van der Waals surface area contributed by atoms with Crippen LogP contribution in [0.4, 0.5) is 0 Å². The van der Waals surface area contributed by atoms with E-state index >= 15 is 0 Å². The second-order valence-electron chi connectivity index (χ2n) is 7.08. The van der Waals surface area contributed by atoms with Gasteiger partial charge in [0.25, 0.3) is 0 Å². The third-order valence-corrected chi connectivity index (χ3v) is 5.13. The molecular formula is C19H31NO2. The van der Waals surface area contributed by atoms with E-state index in [1.807, 2.05) is 0 Å². The molecule has 2 unspecified atom stereocenters. The summed E-state index contributed by atoms with van der Waals surface area (Å²) in [5.74, 6) is 1.54. The van der Waals surface area contributed by atoms with Gasteiger partial charge in [-0.2, -0.15) is 0 Å². The molecule has 0 aromatic heterocycles. The maximum Gasteiger partial charge on any atom is 0.222 e. The Balaban J connectivity index is 1.44. The fourth-order valence-electron chi connectivity index (χ4n) is 3.51. The molecule has 1 amide bonds. The Kier molecular flexibility index (Phi) is 6.66. The van der Waals surface area contributed by atoms with Crippen LogP contribution in [0.15, 0.2) is 12.2 Å². The maximum atomic E-state index is 12.0. The number of ketones is 1. The molecule has 22 heavy (non-hydrogen) atoms. The zero-order chi connectivity index (χ0) is 15.9. The number of Topliss-reactive ketones (excluding diaryl/α,β-unsaturated/α-hetero) is 1. The first-order valence-electron chi connectivity index (χ1n) is 9.06. The van der Waals surface area contributed by atoms with Gasteiger partial charge in [0, 0.05) is 24.9 Å². The Morgan fingerprint density at radius 1 is 1.18 bits per heavy atom. The molecule has 1 aliphatic heterocycles. The second kappa shape index (κ2) is 8.50. The molecule has 2 aliphatic rings. The molecule has 0 radical (unpaired) electrons. The summed E-state index contributed by atoms with van der Waals surface area (Å²) in [6.07, 6.45) is 14.3. The highest BCUT2D eigenvalue weighted by Crippen LogP contribution is 2.40. The summed E-state index contributed by atoms with van der Waals surface area (Å²) in [6, 6.07) is 0.457. The minimum Gasteiger partial charge on any atom is -0.340 e. The highest BCUT2D eigenvalue weighted by atomic mass is 16.2. The van der Waals surface area contributed by atoms with Crippen molar-refractivity contribution < 1.29 is 9.59 Å². The third-order valence-electron chi connectivity index (χ3n) is 5.13. The molecule has 124 valence electrons. The van der Waals surface area contributed by atoms with Gasteiger partial charge in [0.1, 0.15) is 5.78 Å². The van der Waals surface area contributed by atoms with Gasteiger partial charge in [0.15, 0.2) is 0 Å². The van der Waals surface area contributed by atoms with Crippen molar-refractivity contribution in [3.05, 3.63) is 12.2 Å². The van der Waals surface area contributed by atoms with Crippen molar-refractivity contribution in [2.75, 3.05) is 6.54 Å². The normalized spacial score (nSPS) is 27.5. The fourth-order valence-corrected chi connectivity index (χ4v) is 3.51. The molecule has 2 rings (SSSR count). The van der Waals surface area contributed by atoms with Gasteiger partial charge in [0.05, 0.1) is 0 Å². The van der Waals surface area contributed by atoms with Gasteiger partial charge >= 0.3 is 0 Å². The molecule has 0 aromatic rings. The summed E-state index contributed by atoms with van der Waals surface area (Å²) in [5.41, 5.74) is 0. The molecular weight excluding hydrogens is 274 g/mol. The number of hydrogen-bond donors (Lipinski definition) is 0. The van der Waals surface area contributed by atoms with Crippen molar-refractivity contribution in [3.8, 4) is 0 Å². The molecule has 3 heteroatoms. The van der Waals surface area contributed by atoms with Crippen LogP contribution in [0.3, 0.4) is 0 Å². The molecule has 3 nitrogen and oxygen atoms in total. The zero-order valence-electron chi connectivity index (χ0n) is 14.2. The van der Waals surface area contributed by atoms with Gasteiger partial charge in [-0.3, -0.25) is 9.59 Å². The summed E-state index contributed by atoms with van der Waals surface area (Å²) in [4.78, 5) is 25.2. The van der Waals surface area contributed by atoms with Crippen molar-refractivity contribution in [3.63, 3.8) is 0 Å². The van der Waals surface area contributed by atoms with Crippen LogP contribution < -0.4 is 0 Å². The van der Waals surface area contributed by atoms with Crippen LogP contribution in [0, 0.1) is 11.8 Å². The van der Waals surface area contributed by atoms with Crippen LogP contribution in [0.2, 0.25) is 0 Å². The van der Waals surface area contributed by atoms with Crippen LogP contribution in [-0.4, -0.2) is 29.2 Å². The minimum absolute atomic E-state index is 0.315. The first kappa shape index (κ1) is 17.2. The Morgan fingerprint density at radius 3 is 2.59 bits per heavy atom. The molecule has 1 aliphatic carbocycles. The second-order valence-corrected chi connectivity index (χ2v) is 7.08. The summed E-state index contributed by atoms with van der Waals surface area (Å²) < 4.78 is 0. The van der Waals surface area contributed by atoms with Crippen LogP contribution in [0.25, 0.3) is 0 Å². The number of amides is 1. The van der Waals surface area contributed by atoms with Crippen LogP contribution in [0.1, 0.15) is 71.6 Å². The van der Waals surface area contributed by atoms with Crippen LogP contribution in [0.5, 0.6) is 0 Å². The van der Waals surface area contributed by atoms with Gasteiger partial charge in [0.2, 0.25) is 5.91 Å². The fraction of sp³-hybridized carbons (Fsp3) is 0.789. The summed E-state index contributed by atoms with van der Waals surface area (Å²) in [7, 11) is 0. The van der Waals surface area contributed by atoms with E-state index in [4.69, 9.17) is 0 Å². The number of hydrogen-bond acceptors (Lipinski definition) is 2. The summed E-state index contributed by atoms with van der Waals surface area (Å²) >= 11 is 0. The molecule has 0 spiro atoms. The van der Waals surface area contributed by atoms with E-state index < -0.39 is 0 Å². The van der Waals surface area contributed by atoms with Crippen molar-refractivity contribution in [2.45, 2.75) is 77.7 Å². The van der Waals surface area contributed by atoms with Gasteiger partial charge in [-0.05, 0) is 58.3 Å². The standard InChI is InChI=1S/C19H31NO2/c1-15-10-9-13-20(15)19(22)12-8-6-4-3-5-7-11-17-14-18(17)16(2)21/h7,11,15,17-18H,3-6,8-10,12-14H2,1-2H3/b11-7-/t15?,17?,18-/m1/s1. The van der Waals surface area contributed by atoms with Crippen molar-refractivity contribution in [2.24, 2.45) is 11.8 Å². The number of rotatable bonds is 9. The summed E-state index contributed by atoms with van der Waals surface area (Å²) in [5, 5.41) is 0. The molecule has 1 saturated carbocycles. The largest absolute Gasteiger partial charge is 0.340 e. The van der Waals surface area contributed by atoms with Gasteiger partial charge in [-0.25, -0.2) is 0 Å². The molecule has 0 N–H and O–H groups in total. The zero-order valence-corrected chi connectivity index (χ0v) is 14.2. The van der Waals surface area contributed by atoms with E-state index in [1.54, 1.807) is 6.92 Å². The Labute approximate surface area is 135 Å². The number of likely N-dealkylation sites (tertiary alicyclic amines) is 1. The van der Waals surface area contributed by atoms with Crippen LogP contribution >= 0.6 is 0 Å². The molecule has 0 bridgehead atoms.